The number of halogens is 1. The number of hydrogen-bond donors (Lipinski definition) is 3. The van der Waals surface area contributed by atoms with Crippen LogP contribution >= 0.6 is 11.6 Å². The van der Waals surface area contributed by atoms with Crippen molar-refractivity contribution in [2.24, 2.45) is 5.92 Å². The third-order valence-corrected chi connectivity index (χ3v) is 4.85. The minimum absolute atomic E-state index is 0.0247. The lowest BCUT2D eigenvalue weighted by Crippen LogP contribution is -2.34. The van der Waals surface area contributed by atoms with Crippen molar-refractivity contribution in [3.05, 3.63) is 70.2 Å². The number of carbonyl (C=O) groups is 2. The number of amides is 3. The molecule has 2 aromatic carbocycles. The fraction of sp³-hybridized carbons (Fsp3) is 0.364. The molecule has 0 aliphatic rings. The zero-order chi connectivity index (χ0) is 20.4. The third-order valence-electron chi connectivity index (χ3n) is 4.48. The topological polar surface area (TPSA) is 70.2 Å². The maximum atomic E-state index is 12.0. The summed E-state index contributed by atoms with van der Waals surface area (Å²) < 4.78 is 0. The molecule has 0 saturated heterocycles. The average molecular weight is 402 g/mol. The van der Waals surface area contributed by atoms with E-state index in [1.807, 2.05) is 49.4 Å². The number of rotatable bonds is 9. The fourth-order valence-electron chi connectivity index (χ4n) is 2.84. The van der Waals surface area contributed by atoms with Gasteiger partial charge in [0, 0.05) is 30.6 Å². The molecule has 0 spiro atoms. The second kappa shape index (κ2) is 11.3. The molecule has 0 aromatic heterocycles. The SMILES string of the molecule is CCCC(C)C(=O)NCc1cccc(CNC(=O)NCc2ccccc2Cl)c1. The first kappa shape index (κ1) is 21.8. The summed E-state index contributed by atoms with van der Waals surface area (Å²) in [5, 5.41) is 9.23. The smallest absolute Gasteiger partial charge is 0.315 e. The van der Waals surface area contributed by atoms with Crippen molar-refractivity contribution < 1.29 is 9.59 Å². The Hall–Kier alpha value is -2.53. The highest BCUT2D eigenvalue weighted by atomic mass is 35.5. The van der Waals surface area contributed by atoms with Crippen LogP contribution < -0.4 is 16.0 Å². The molecule has 2 aromatic rings. The predicted octanol–water partition coefficient (Wildman–Crippen LogP) is 4.39. The summed E-state index contributed by atoms with van der Waals surface area (Å²) >= 11 is 6.09. The van der Waals surface area contributed by atoms with Gasteiger partial charge in [0.05, 0.1) is 0 Å². The number of nitrogens with one attached hydrogen (secondary N) is 3. The molecule has 0 fully saturated rings. The molecule has 3 amide bonds. The van der Waals surface area contributed by atoms with Gasteiger partial charge in [-0.15, -0.1) is 0 Å². The molecule has 2 rings (SSSR count). The first-order valence-electron chi connectivity index (χ1n) is 9.60. The number of carbonyl (C=O) groups excluding carboxylic acids is 2. The Balaban J connectivity index is 1.78. The molecule has 0 radical (unpaired) electrons. The minimum Gasteiger partial charge on any atom is -0.352 e. The van der Waals surface area contributed by atoms with Crippen LogP contribution in [0.1, 0.15) is 43.4 Å². The van der Waals surface area contributed by atoms with Crippen LogP contribution in [-0.4, -0.2) is 11.9 Å². The van der Waals surface area contributed by atoms with Crippen molar-refractivity contribution in [2.45, 2.75) is 46.3 Å². The van der Waals surface area contributed by atoms with Crippen LogP contribution in [0.2, 0.25) is 5.02 Å². The third kappa shape index (κ3) is 7.24. The lowest BCUT2D eigenvalue weighted by atomic mass is 10.1. The summed E-state index contributed by atoms with van der Waals surface area (Å²) in [6.45, 7) is 5.28. The summed E-state index contributed by atoms with van der Waals surface area (Å²) in [6, 6.07) is 15.0. The van der Waals surface area contributed by atoms with E-state index in [0.717, 1.165) is 29.5 Å². The number of benzene rings is 2. The molecule has 0 aliphatic heterocycles. The van der Waals surface area contributed by atoms with Crippen molar-refractivity contribution in [1.82, 2.24) is 16.0 Å². The maximum Gasteiger partial charge on any atom is 0.315 e. The molecule has 3 N–H and O–H groups in total. The van der Waals surface area contributed by atoms with Gasteiger partial charge in [0.2, 0.25) is 5.91 Å². The van der Waals surface area contributed by atoms with Gasteiger partial charge >= 0.3 is 6.03 Å². The van der Waals surface area contributed by atoms with Crippen LogP contribution in [0.25, 0.3) is 0 Å². The zero-order valence-corrected chi connectivity index (χ0v) is 17.2. The highest BCUT2D eigenvalue weighted by molar-refractivity contribution is 6.31. The van der Waals surface area contributed by atoms with Gasteiger partial charge in [0.1, 0.15) is 0 Å². The van der Waals surface area contributed by atoms with E-state index in [2.05, 4.69) is 22.9 Å². The van der Waals surface area contributed by atoms with Crippen molar-refractivity contribution in [3.63, 3.8) is 0 Å². The van der Waals surface area contributed by atoms with Crippen LogP contribution in [0, 0.1) is 5.92 Å². The van der Waals surface area contributed by atoms with Crippen LogP contribution in [0.4, 0.5) is 4.79 Å². The summed E-state index contributed by atoms with van der Waals surface area (Å²) in [6.07, 6.45) is 1.88. The standard InChI is InChI=1S/C22H28ClN3O2/c1-3-7-16(2)21(27)24-13-17-8-6-9-18(12-17)14-25-22(28)26-15-19-10-4-5-11-20(19)23/h4-6,8-12,16H,3,7,13-15H2,1-2H3,(H,24,27)(H2,25,26,28). The molecule has 0 saturated carbocycles. The van der Waals surface area contributed by atoms with Gasteiger partial charge in [-0.3, -0.25) is 4.79 Å². The van der Waals surface area contributed by atoms with Crippen LogP contribution in [0.3, 0.4) is 0 Å². The van der Waals surface area contributed by atoms with E-state index in [1.165, 1.54) is 0 Å². The van der Waals surface area contributed by atoms with Crippen LogP contribution in [0.15, 0.2) is 48.5 Å². The molecule has 5 nitrogen and oxygen atoms in total. The van der Waals surface area contributed by atoms with E-state index < -0.39 is 0 Å². The second-order valence-electron chi connectivity index (χ2n) is 6.86. The predicted molar refractivity (Wildman–Crippen MR) is 113 cm³/mol. The Labute approximate surface area is 171 Å². The summed E-state index contributed by atoms with van der Waals surface area (Å²) in [4.78, 5) is 24.0. The van der Waals surface area contributed by atoms with E-state index in [9.17, 15) is 9.59 Å². The van der Waals surface area contributed by atoms with Crippen molar-refractivity contribution in [3.8, 4) is 0 Å². The quantitative estimate of drug-likeness (QED) is 0.583. The highest BCUT2D eigenvalue weighted by Gasteiger charge is 2.11. The van der Waals surface area contributed by atoms with E-state index in [0.29, 0.717) is 24.7 Å². The molecule has 0 heterocycles. The average Bonchev–Trinajstić information content (AvgIpc) is 2.70. The summed E-state index contributed by atoms with van der Waals surface area (Å²) in [5.41, 5.74) is 2.85. The molecular weight excluding hydrogens is 374 g/mol. The monoisotopic (exact) mass is 401 g/mol. The highest BCUT2D eigenvalue weighted by Crippen LogP contribution is 2.14. The second-order valence-corrected chi connectivity index (χ2v) is 7.26. The van der Waals surface area contributed by atoms with Gasteiger partial charge in [-0.05, 0) is 29.2 Å². The van der Waals surface area contributed by atoms with Gasteiger partial charge in [-0.25, -0.2) is 4.79 Å². The van der Waals surface area contributed by atoms with E-state index in [1.54, 1.807) is 6.07 Å². The molecule has 1 atom stereocenters. The first-order valence-corrected chi connectivity index (χ1v) is 9.98. The first-order chi connectivity index (χ1) is 13.5. The molecule has 6 heteroatoms. The minimum atomic E-state index is -0.257. The Morgan fingerprint density at radius 1 is 0.929 bits per heavy atom. The van der Waals surface area contributed by atoms with Crippen molar-refractivity contribution >= 4 is 23.5 Å². The molecule has 1 unspecified atom stereocenters. The Morgan fingerprint density at radius 3 is 2.25 bits per heavy atom. The molecule has 28 heavy (non-hydrogen) atoms. The van der Waals surface area contributed by atoms with Gasteiger partial charge in [0.15, 0.2) is 0 Å². The van der Waals surface area contributed by atoms with Gasteiger partial charge < -0.3 is 16.0 Å². The maximum absolute atomic E-state index is 12.0. The van der Waals surface area contributed by atoms with Gasteiger partial charge in [-0.1, -0.05) is 74.3 Å². The van der Waals surface area contributed by atoms with Crippen LogP contribution in [-0.2, 0) is 24.4 Å². The lowest BCUT2D eigenvalue weighted by molar-refractivity contribution is -0.124. The Morgan fingerprint density at radius 2 is 1.57 bits per heavy atom. The zero-order valence-electron chi connectivity index (χ0n) is 16.4. The summed E-state index contributed by atoms with van der Waals surface area (Å²) in [5.74, 6) is 0.0981. The lowest BCUT2D eigenvalue weighted by Gasteiger charge is -2.12. The van der Waals surface area contributed by atoms with Crippen LogP contribution in [0.5, 0.6) is 0 Å². The van der Waals surface area contributed by atoms with E-state index >= 15 is 0 Å². The Kier molecular flexibility index (Phi) is 8.82. The van der Waals surface area contributed by atoms with Gasteiger partial charge in [0.25, 0.3) is 0 Å². The fourth-order valence-corrected chi connectivity index (χ4v) is 3.04. The van der Waals surface area contributed by atoms with E-state index in [-0.39, 0.29) is 17.9 Å². The van der Waals surface area contributed by atoms with Crippen molar-refractivity contribution in [2.75, 3.05) is 0 Å². The molecule has 150 valence electrons. The van der Waals surface area contributed by atoms with Crippen molar-refractivity contribution in [1.29, 1.82) is 0 Å². The number of hydrogen-bond acceptors (Lipinski definition) is 2. The normalized spacial score (nSPS) is 11.5. The van der Waals surface area contributed by atoms with E-state index in [4.69, 9.17) is 11.6 Å². The summed E-state index contributed by atoms with van der Waals surface area (Å²) in [7, 11) is 0. The molecular formula is C22H28ClN3O2. The largest absolute Gasteiger partial charge is 0.352 e. The molecule has 0 bridgehead atoms. The molecule has 0 aliphatic carbocycles. The number of urea groups is 1. The Bertz CT molecular complexity index is 795. The van der Waals surface area contributed by atoms with Gasteiger partial charge in [-0.2, -0.15) is 0 Å².